The van der Waals surface area contributed by atoms with Gasteiger partial charge in [0.15, 0.2) is 0 Å². The third kappa shape index (κ3) is 3.66. The average molecular weight is 383 g/mol. The molecule has 3 aliphatic rings. The van der Waals surface area contributed by atoms with Crippen molar-refractivity contribution in [3.8, 4) is 0 Å². The van der Waals surface area contributed by atoms with E-state index < -0.39 is 5.60 Å². The molecule has 2 aromatic rings. The molecule has 1 aliphatic heterocycles. The largest absolute Gasteiger partial charge is 0.388 e. The summed E-state index contributed by atoms with van der Waals surface area (Å²) in [5.41, 5.74) is 3.33. The third-order valence-corrected chi connectivity index (χ3v) is 6.96. The number of halogens is 1. The molecular formula is C23H27ClN2O. The molecule has 1 saturated heterocycles. The molecule has 0 spiro atoms. The van der Waals surface area contributed by atoms with E-state index >= 15 is 0 Å². The van der Waals surface area contributed by atoms with Crippen molar-refractivity contribution in [3.05, 3.63) is 70.2 Å². The summed E-state index contributed by atoms with van der Waals surface area (Å²) >= 11 is 6.05. The van der Waals surface area contributed by atoms with Gasteiger partial charge in [0.2, 0.25) is 0 Å². The third-order valence-electron chi connectivity index (χ3n) is 6.72. The van der Waals surface area contributed by atoms with E-state index in [1.165, 1.54) is 16.7 Å². The van der Waals surface area contributed by atoms with Crippen LogP contribution in [0.3, 0.4) is 0 Å². The summed E-state index contributed by atoms with van der Waals surface area (Å²) in [5, 5.41) is 15.5. The highest BCUT2D eigenvalue weighted by Crippen LogP contribution is 2.51. The minimum atomic E-state index is -0.569. The van der Waals surface area contributed by atoms with Gasteiger partial charge in [0.05, 0.1) is 5.60 Å². The van der Waals surface area contributed by atoms with Crippen molar-refractivity contribution in [1.82, 2.24) is 10.2 Å². The minimum Gasteiger partial charge on any atom is -0.388 e. The fourth-order valence-corrected chi connectivity index (χ4v) is 5.61. The normalized spacial score (nSPS) is 28.1. The first kappa shape index (κ1) is 17.7. The van der Waals surface area contributed by atoms with Crippen molar-refractivity contribution in [3.63, 3.8) is 0 Å². The van der Waals surface area contributed by atoms with Gasteiger partial charge in [-0.15, -0.1) is 0 Å². The second-order valence-corrected chi connectivity index (χ2v) is 9.23. The number of aliphatic hydroxyl groups is 1. The van der Waals surface area contributed by atoms with Gasteiger partial charge in [0.25, 0.3) is 0 Å². The number of hydrogen-bond acceptors (Lipinski definition) is 3. The van der Waals surface area contributed by atoms with Crippen LogP contribution >= 0.6 is 11.6 Å². The lowest BCUT2D eigenvalue weighted by Gasteiger charge is -2.30. The second-order valence-electron chi connectivity index (χ2n) is 8.79. The van der Waals surface area contributed by atoms with Gasteiger partial charge in [-0.3, -0.25) is 4.90 Å². The topological polar surface area (TPSA) is 35.5 Å². The lowest BCUT2D eigenvalue weighted by molar-refractivity contribution is 0.0147. The number of hydrogen-bond donors (Lipinski definition) is 2. The highest BCUT2D eigenvalue weighted by atomic mass is 35.5. The molecular weight excluding hydrogens is 356 g/mol. The van der Waals surface area contributed by atoms with E-state index in [4.69, 9.17) is 11.6 Å². The molecule has 2 atom stereocenters. The van der Waals surface area contributed by atoms with Gasteiger partial charge in [0.1, 0.15) is 0 Å². The number of likely N-dealkylation sites (tertiary alicyclic amines) is 1. The van der Waals surface area contributed by atoms with Crippen molar-refractivity contribution in [2.75, 3.05) is 26.2 Å². The van der Waals surface area contributed by atoms with E-state index in [0.29, 0.717) is 0 Å². The smallest absolute Gasteiger partial charge is 0.0854 e. The molecule has 0 amide bonds. The highest BCUT2D eigenvalue weighted by Gasteiger charge is 2.55. The molecule has 2 aromatic carbocycles. The summed E-state index contributed by atoms with van der Waals surface area (Å²) in [6.07, 6.45) is 1.61. The van der Waals surface area contributed by atoms with Crippen LogP contribution in [0.5, 0.6) is 0 Å². The molecule has 2 unspecified atom stereocenters. The van der Waals surface area contributed by atoms with Crippen LogP contribution in [-0.2, 0) is 19.4 Å². The van der Waals surface area contributed by atoms with Crippen LogP contribution in [0.15, 0.2) is 48.5 Å². The monoisotopic (exact) mass is 382 g/mol. The molecule has 3 nitrogen and oxygen atoms in total. The fraction of sp³-hybridized carbons (Fsp3) is 0.478. The van der Waals surface area contributed by atoms with Crippen LogP contribution < -0.4 is 5.32 Å². The fourth-order valence-electron chi connectivity index (χ4n) is 5.40. The zero-order chi connectivity index (χ0) is 18.4. The van der Waals surface area contributed by atoms with E-state index in [1.54, 1.807) is 0 Å². The van der Waals surface area contributed by atoms with Crippen LogP contribution in [0.1, 0.15) is 16.7 Å². The summed E-state index contributed by atoms with van der Waals surface area (Å²) < 4.78 is 0. The predicted octanol–water partition coefficient (Wildman–Crippen LogP) is 3.14. The van der Waals surface area contributed by atoms with Crippen LogP contribution in [0, 0.1) is 17.8 Å². The molecule has 1 saturated carbocycles. The van der Waals surface area contributed by atoms with E-state index in [1.807, 2.05) is 18.2 Å². The Bertz CT molecular complexity index is 802. The summed E-state index contributed by atoms with van der Waals surface area (Å²) in [5.74, 6) is 2.42. The maximum absolute atomic E-state index is 11.1. The predicted molar refractivity (Wildman–Crippen MR) is 109 cm³/mol. The molecule has 5 rings (SSSR count). The highest BCUT2D eigenvalue weighted by molar-refractivity contribution is 6.30. The van der Waals surface area contributed by atoms with Crippen LogP contribution in [0.2, 0.25) is 5.02 Å². The summed E-state index contributed by atoms with van der Waals surface area (Å²) in [7, 11) is 0. The van der Waals surface area contributed by atoms with Crippen molar-refractivity contribution in [2.24, 2.45) is 17.8 Å². The lowest BCUT2D eigenvalue weighted by Crippen LogP contribution is -2.44. The lowest BCUT2D eigenvalue weighted by atomic mass is 9.99. The van der Waals surface area contributed by atoms with Gasteiger partial charge in [-0.2, -0.15) is 0 Å². The number of nitrogens with zero attached hydrogens (tertiary/aromatic N) is 1. The molecule has 4 heteroatoms. The van der Waals surface area contributed by atoms with E-state index in [9.17, 15) is 5.11 Å². The molecule has 27 heavy (non-hydrogen) atoms. The van der Waals surface area contributed by atoms with Gasteiger partial charge >= 0.3 is 0 Å². The zero-order valence-corrected chi connectivity index (χ0v) is 16.3. The molecule has 2 aliphatic carbocycles. The molecule has 0 radical (unpaired) electrons. The van der Waals surface area contributed by atoms with Gasteiger partial charge in [-0.05, 0) is 53.1 Å². The van der Waals surface area contributed by atoms with E-state index in [0.717, 1.165) is 68.3 Å². The minimum absolute atomic E-state index is 0.569. The molecule has 0 aromatic heterocycles. The van der Waals surface area contributed by atoms with Crippen LogP contribution in [0.4, 0.5) is 0 Å². The van der Waals surface area contributed by atoms with Crippen molar-refractivity contribution in [2.45, 2.75) is 25.0 Å². The van der Waals surface area contributed by atoms with Crippen molar-refractivity contribution >= 4 is 11.6 Å². The first-order valence-electron chi connectivity index (χ1n) is 10.1. The number of benzene rings is 2. The molecule has 142 valence electrons. The van der Waals surface area contributed by atoms with Gasteiger partial charge in [-0.1, -0.05) is 48.0 Å². The van der Waals surface area contributed by atoms with Crippen LogP contribution in [0.25, 0.3) is 0 Å². The number of rotatable bonds is 6. The quantitative estimate of drug-likeness (QED) is 0.805. The zero-order valence-electron chi connectivity index (χ0n) is 15.6. The van der Waals surface area contributed by atoms with Crippen molar-refractivity contribution < 1.29 is 5.11 Å². The standard InChI is InChI=1S/C23H27ClN2O/c24-19-7-3-4-16(8-19)11-25-12-20-21-13-26(14-22(20)21)15-23(27)9-17-5-1-2-6-18(17)10-23/h1-8,20-22,25,27H,9-15H2. The molecule has 1 heterocycles. The Hall–Kier alpha value is -1.39. The summed E-state index contributed by atoms with van der Waals surface area (Å²) in [6, 6.07) is 16.6. The Morgan fingerprint density at radius 2 is 1.74 bits per heavy atom. The Labute approximate surface area is 166 Å². The van der Waals surface area contributed by atoms with Gasteiger partial charge in [0, 0.05) is 44.0 Å². The number of fused-ring (bicyclic) bond motifs is 2. The maximum atomic E-state index is 11.1. The Morgan fingerprint density at radius 3 is 2.41 bits per heavy atom. The summed E-state index contributed by atoms with van der Waals surface area (Å²) in [6.45, 7) is 5.08. The number of piperidine rings is 1. The Balaban J connectivity index is 1.07. The van der Waals surface area contributed by atoms with Crippen molar-refractivity contribution in [1.29, 1.82) is 0 Å². The number of β-amino-alcohol motifs (C(OH)–C–C–N with tert-alkyl or cyclic N) is 1. The molecule has 2 fully saturated rings. The SMILES string of the molecule is OC1(CN2CC3C(CNCc4cccc(Cl)c4)C3C2)Cc2ccccc2C1. The van der Waals surface area contributed by atoms with Gasteiger partial charge < -0.3 is 10.4 Å². The maximum Gasteiger partial charge on any atom is 0.0854 e. The summed E-state index contributed by atoms with van der Waals surface area (Å²) in [4.78, 5) is 2.49. The average Bonchev–Trinajstić information content (AvgIpc) is 2.97. The van der Waals surface area contributed by atoms with Gasteiger partial charge in [-0.25, -0.2) is 0 Å². The molecule has 0 bridgehead atoms. The first-order chi connectivity index (χ1) is 13.1. The van der Waals surface area contributed by atoms with E-state index in [2.05, 4.69) is 40.5 Å². The second kappa shape index (κ2) is 6.89. The first-order valence-corrected chi connectivity index (χ1v) is 10.4. The Kier molecular flexibility index (Phi) is 4.52. The number of nitrogens with one attached hydrogen (secondary N) is 1. The van der Waals surface area contributed by atoms with E-state index in [-0.39, 0.29) is 0 Å². The Morgan fingerprint density at radius 1 is 1.04 bits per heavy atom. The molecule has 2 N–H and O–H groups in total. The van der Waals surface area contributed by atoms with Crippen LogP contribution in [-0.4, -0.2) is 41.8 Å².